The van der Waals surface area contributed by atoms with Crippen molar-refractivity contribution in [2.75, 3.05) is 42.9 Å². The summed E-state index contributed by atoms with van der Waals surface area (Å²) in [5.41, 5.74) is 4.72. The number of nitrogens with zero attached hydrogens (tertiary/aromatic N) is 4. The van der Waals surface area contributed by atoms with Crippen LogP contribution in [0.25, 0.3) is 20.8 Å². The van der Waals surface area contributed by atoms with Crippen LogP contribution in [0, 0.1) is 17.0 Å². The highest BCUT2D eigenvalue weighted by Gasteiger charge is 2.24. The van der Waals surface area contributed by atoms with E-state index in [9.17, 15) is 14.9 Å². The minimum atomic E-state index is -0.349. The molecule has 1 fully saturated rings. The van der Waals surface area contributed by atoms with Gasteiger partial charge in [-0.15, -0.1) is 11.3 Å². The fourth-order valence-corrected chi connectivity index (χ4v) is 5.36. The number of nitro groups is 1. The summed E-state index contributed by atoms with van der Waals surface area (Å²) in [7, 11) is 0. The summed E-state index contributed by atoms with van der Waals surface area (Å²) < 4.78 is 1.17. The lowest BCUT2D eigenvalue weighted by Gasteiger charge is -2.35. The molecule has 1 aliphatic rings. The van der Waals surface area contributed by atoms with Crippen molar-refractivity contribution >= 4 is 44.5 Å². The number of aromatic nitrogens is 1. The first-order valence-electron chi connectivity index (χ1n) is 11.4. The van der Waals surface area contributed by atoms with Gasteiger partial charge in [0.2, 0.25) is 5.91 Å². The van der Waals surface area contributed by atoms with E-state index in [2.05, 4.69) is 29.3 Å². The topological polar surface area (TPSA) is 91.6 Å². The molecule has 1 aliphatic heterocycles. The van der Waals surface area contributed by atoms with Crippen molar-refractivity contribution in [2.24, 2.45) is 0 Å². The number of hydrogen-bond acceptors (Lipinski definition) is 7. The fraction of sp³-hybridized carbons (Fsp3) is 0.231. The lowest BCUT2D eigenvalue weighted by molar-refractivity contribution is -0.384. The highest BCUT2D eigenvalue weighted by Crippen LogP contribution is 2.31. The number of carbonyl (C=O) groups excluding carboxylic acids is 1. The van der Waals surface area contributed by atoms with Crippen LogP contribution >= 0.6 is 11.3 Å². The monoisotopic (exact) mass is 487 g/mol. The van der Waals surface area contributed by atoms with Gasteiger partial charge in [0.05, 0.1) is 21.7 Å². The average molecular weight is 488 g/mol. The van der Waals surface area contributed by atoms with Crippen molar-refractivity contribution in [1.29, 1.82) is 0 Å². The van der Waals surface area contributed by atoms with Gasteiger partial charge in [0.1, 0.15) is 10.7 Å². The molecule has 0 atom stereocenters. The van der Waals surface area contributed by atoms with E-state index in [-0.39, 0.29) is 23.1 Å². The number of fused-ring (bicyclic) bond motifs is 1. The fourth-order valence-electron chi connectivity index (χ4n) is 4.29. The Morgan fingerprint density at radius 3 is 2.54 bits per heavy atom. The molecule has 0 saturated carbocycles. The highest BCUT2D eigenvalue weighted by molar-refractivity contribution is 7.21. The van der Waals surface area contributed by atoms with Gasteiger partial charge >= 0.3 is 0 Å². The summed E-state index contributed by atoms with van der Waals surface area (Å²) in [6.45, 7) is 4.95. The van der Waals surface area contributed by atoms with Gasteiger partial charge in [-0.05, 0) is 55.0 Å². The Bertz CT molecular complexity index is 1380. The molecule has 1 amide bonds. The second kappa shape index (κ2) is 9.81. The predicted octanol–water partition coefficient (Wildman–Crippen LogP) is 4.94. The molecule has 8 nitrogen and oxygen atoms in total. The molecule has 35 heavy (non-hydrogen) atoms. The number of piperazine rings is 1. The number of rotatable bonds is 6. The molecular weight excluding hydrogens is 462 g/mol. The Morgan fingerprint density at radius 1 is 1.06 bits per heavy atom. The zero-order valence-electron chi connectivity index (χ0n) is 19.3. The van der Waals surface area contributed by atoms with Crippen LogP contribution in [-0.2, 0) is 4.79 Å². The number of thiazole rings is 1. The van der Waals surface area contributed by atoms with Crippen molar-refractivity contribution in [3.05, 3.63) is 82.4 Å². The minimum absolute atomic E-state index is 0.0765. The van der Waals surface area contributed by atoms with E-state index in [0.717, 1.165) is 21.8 Å². The SMILES string of the molecule is Cc1ccc2nc(-c3ccc(NC(=O)CN4CCN(c5ccccc5[N+](=O)[O-])CC4)cc3)sc2c1. The van der Waals surface area contributed by atoms with E-state index in [4.69, 9.17) is 4.98 Å². The average Bonchev–Trinajstić information content (AvgIpc) is 3.28. The summed E-state index contributed by atoms with van der Waals surface area (Å²) >= 11 is 1.66. The number of hydrogen-bond donors (Lipinski definition) is 1. The van der Waals surface area contributed by atoms with Crippen molar-refractivity contribution < 1.29 is 9.72 Å². The number of carbonyl (C=O) groups is 1. The van der Waals surface area contributed by atoms with Crippen LogP contribution in [-0.4, -0.2) is 53.4 Å². The van der Waals surface area contributed by atoms with Crippen molar-refractivity contribution in [3.63, 3.8) is 0 Å². The second-order valence-corrected chi connectivity index (χ2v) is 9.66. The van der Waals surface area contributed by atoms with Crippen LogP contribution < -0.4 is 10.2 Å². The first kappa shape index (κ1) is 22.9. The molecule has 1 aromatic heterocycles. The van der Waals surface area contributed by atoms with Gasteiger partial charge < -0.3 is 10.2 Å². The predicted molar refractivity (Wildman–Crippen MR) is 140 cm³/mol. The van der Waals surface area contributed by atoms with Crippen LogP contribution in [0.4, 0.5) is 17.1 Å². The first-order chi connectivity index (χ1) is 17.0. The molecule has 0 spiro atoms. The Hall–Kier alpha value is -3.82. The lowest BCUT2D eigenvalue weighted by Crippen LogP contribution is -2.48. The molecule has 0 aliphatic carbocycles. The van der Waals surface area contributed by atoms with E-state index in [1.165, 1.54) is 16.3 Å². The number of benzene rings is 3. The lowest BCUT2D eigenvalue weighted by atomic mass is 10.2. The molecule has 0 radical (unpaired) electrons. The third-order valence-electron chi connectivity index (χ3n) is 6.12. The molecular formula is C26H25N5O3S. The number of anilines is 2. The number of aryl methyl sites for hydroxylation is 1. The Balaban J connectivity index is 1.16. The molecule has 0 unspecified atom stereocenters. The Morgan fingerprint density at radius 2 is 1.80 bits per heavy atom. The van der Waals surface area contributed by atoms with Crippen LogP contribution in [0.5, 0.6) is 0 Å². The van der Waals surface area contributed by atoms with Gasteiger partial charge in [-0.3, -0.25) is 19.8 Å². The molecule has 2 heterocycles. The van der Waals surface area contributed by atoms with E-state index < -0.39 is 0 Å². The van der Waals surface area contributed by atoms with E-state index in [1.807, 2.05) is 41.3 Å². The molecule has 5 rings (SSSR count). The summed E-state index contributed by atoms with van der Waals surface area (Å²) in [4.78, 5) is 32.4. The van der Waals surface area contributed by atoms with Crippen molar-refractivity contribution in [2.45, 2.75) is 6.92 Å². The van der Waals surface area contributed by atoms with Gasteiger partial charge in [0.15, 0.2) is 0 Å². The standard InChI is InChI=1S/C26H25N5O3S/c1-18-6-11-21-24(16-18)35-26(28-21)19-7-9-20(10-8-19)27-25(32)17-29-12-14-30(15-13-29)22-4-2-3-5-23(22)31(33)34/h2-11,16H,12-15,17H2,1H3,(H,27,32). The zero-order valence-corrected chi connectivity index (χ0v) is 20.1. The summed E-state index contributed by atoms with van der Waals surface area (Å²) in [6.07, 6.45) is 0. The number of nitro benzene ring substituents is 1. The zero-order chi connectivity index (χ0) is 24.4. The Labute approximate surface area is 207 Å². The molecule has 9 heteroatoms. The third-order valence-corrected chi connectivity index (χ3v) is 7.19. The number of para-hydroxylation sites is 2. The number of amides is 1. The maximum Gasteiger partial charge on any atom is 0.292 e. The molecule has 1 N–H and O–H groups in total. The molecule has 1 saturated heterocycles. The maximum atomic E-state index is 12.6. The quantitative estimate of drug-likeness (QED) is 0.306. The van der Waals surface area contributed by atoms with E-state index in [1.54, 1.807) is 23.5 Å². The first-order valence-corrected chi connectivity index (χ1v) is 12.3. The minimum Gasteiger partial charge on any atom is -0.363 e. The highest BCUT2D eigenvalue weighted by atomic mass is 32.1. The maximum absolute atomic E-state index is 12.6. The second-order valence-electron chi connectivity index (χ2n) is 8.62. The van der Waals surface area contributed by atoms with Crippen molar-refractivity contribution in [1.82, 2.24) is 9.88 Å². The number of nitrogens with one attached hydrogen (secondary N) is 1. The van der Waals surface area contributed by atoms with Crippen molar-refractivity contribution in [3.8, 4) is 10.6 Å². The molecule has 3 aromatic carbocycles. The van der Waals surface area contributed by atoms with E-state index in [0.29, 0.717) is 31.9 Å². The van der Waals surface area contributed by atoms with Crippen LogP contribution in [0.2, 0.25) is 0 Å². The van der Waals surface area contributed by atoms with Gasteiger partial charge in [-0.2, -0.15) is 0 Å². The van der Waals surface area contributed by atoms with Gasteiger partial charge in [0, 0.05) is 43.5 Å². The van der Waals surface area contributed by atoms with Gasteiger partial charge in [-0.25, -0.2) is 4.98 Å². The molecule has 4 aromatic rings. The Kier molecular flexibility index (Phi) is 6.43. The van der Waals surface area contributed by atoms with Crippen LogP contribution in [0.3, 0.4) is 0 Å². The largest absolute Gasteiger partial charge is 0.363 e. The molecule has 178 valence electrons. The van der Waals surface area contributed by atoms with Crippen LogP contribution in [0.1, 0.15) is 5.56 Å². The van der Waals surface area contributed by atoms with Crippen LogP contribution in [0.15, 0.2) is 66.7 Å². The van der Waals surface area contributed by atoms with E-state index >= 15 is 0 Å². The smallest absolute Gasteiger partial charge is 0.292 e. The normalized spacial score (nSPS) is 14.3. The van der Waals surface area contributed by atoms with Gasteiger partial charge in [-0.1, -0.05) is 18.2 Å². The summed E-state index contributed by atoms with van der Waals surface area (Å²) in [6, 6.07) is 20.8. The summed E-state index contributed by atoms with van der Waals surface area (Å²) in [5.74, 6) is -0.0765. The molecule has 0 bridgehead atoms. The summed E-state index contributed by atoms with van der Waals surface area (Å²) in [5, 5.41) is 15.2. The van der Waals surface area contributed by atoms with Gasteiger partial charge in [0.25, 0.3) is 5.69 Å². The third kappa shape index (κ3) is 5.16.